The molecule has 1 aromatic rings. The Hall–Kier alpha value is -1.51. The summed E-state index contributed by atoms with van der Waals surface area (Å²) in [5, 5.41) is 2.52. The minimum absolute atomic E-state index is 0.00678. The van der Waals surface area contributed by atoms with Crippen LogP contribution in [0.5, 0.6) is 0 Å². The van der Waals surface area contributed by atoms with Crippen LogP contribution in [0.25, 0.3) is 0 Å². The fraction of sp³-hybridized carbons (Fsp3) is 0.562. The second-order valence-corrected chi connectivity index (χ2v) is 7.46. The summed E-state index contributed by atoms with van der Waals surface area (Å²) >= 11 is 0. The number of rotatable bonds is 11. The number of carbonyl (C=O) groups excluding carboxylic acids is 1. The maximum absolute atomic E-state index is 12.8. The predicted molar refractivity (Wildman–Crippen MR) is 92.1 cm³/mol. The van der Waals surface area contributed by atoms with Crippen molar-refractivity contribution < 1.29 is 22.5 Å². The molecule has 0 unspecified atom stereocenters. The monoisotopic (exact) mass is 360 g/mol. The molecule has 24 heavy (non-hydrogen) atoms. The first-order valence-corrected chi connectivity index (χ1v) is 9.87. The quantitative estimate of drug-likeness (QED) is 0.478. The molecule has 1 amide bonds. The van der Waals surface area contributed by atoms with Crippen molar-refractivity contribution in [3.05, 3.63) is 35.6 Å². The van der Waals surface area contributed by atoms with Crippen molar-refractivity contribution in [2.75, 3.05) is 38.5 Å². The van der Waals surface area contributed by atoms with Gasteiger partial charge in [-0.2, -0.15) is 0 Å². The van der Waals surface area contributed by atoms with Crippen molar-refractivity contribution in [3.63, 3.8) is 0 Å². The average molecular weight is 360 g/mol. The molecule has 0 aliphatic heterocycles. The fourth-order valence-electron chi connectivity index (χ4n) is 2.24. The molecule has 0 aromatic heterocycles. The normalized spacial score (nSPS) is 11.7. The van der Waals surface area contributed by atoms with Crippen LogP contribution in [0.4, 0.5) is 4.39 Å². The molecule has 0 atom stereocenters. The molecule has 0 saturated carbocycles. The van der Waals surface area contributed by atoms with Gasteiger partial charge in [-0.25, -0.2) is 17.5 Å². The van der Waals surface area contributed by atoms with E-state index < -0.39 is 21.7 Å². The number of nitrogens with one attached hydrogen (secondary N) is 3. The van der Waals surface area contributed by atoms with Gasteiger partial charge in [-0.1, -0.05) is 0 Å². The van der Waals surface area contributed by atoms with Gasteiger partial charge < -0.3 is 10.2 Å². The largest absolute Gasteiger partial charge is 0.351 e. The zero-order valence-electron chi connectivity index (χ0n) is 14.3. The molecule has 8 heteroatoms. The standard InChI is InChI=1S/C16H26FN3O3S/c1-3-20(4-2)12-5-10-19-24(22,23)13-11-18-16(21)14-6-8-15(17)9-7-14/h6-9,19H,3-5,10-13H2,1-2H3,(H,18,21)/p+1. The molecule has 1 rings (SSSR count). The summed E-state index contributed by atoms with van der Waals surface area (Å²) in [6, 6.07) is 5.08. The van der Waals surface area contributed by atoms with E-state index >= 15 is 0 Å². The summed E-state index contributed by atoms with van der Waals surface area (Å²) in [6.45, 7) is 7.60. The second kappa shape index (κ2) is 10.4. The SMILES string of the molecule is CC[NH+](CC)CCCNS(=O)(=O)CCNC(=O)c1ccc(F)cc1. The number of sulfonamides is 1. The van der Waals surface area contributed by atoms with Gasteiger partial charge in [0.05, 0.1) is 25.4 Å². The molecule has 0 aliphatic carbocycles. The van der Waals surface area contributed by atoms with Crippen LogP contribution in [0.2, 0.25) is 0 Å². The Bertz CT molecular complexity index is 601. The maximum atomic E-state index is 12.8. The lowest BCUT2D eigenvalue weighted by atomic mass is 10.2. The first kappa shape index (κ1) is 20.5. The number of halogens is 1. The highest BCUT2D eigenvalue weighted by atomic mass is 32.2. The number of benzene rings is 1. The number of hydrogen-bond donors (Lipinski definition) is 3. The van der Waals surface area contributed by atoms with Crippen molar-refractivity contribution >= 4 is 15.9 Å². The summed E-state index contributed by atoms with van der Waals surface area (Å²) in [5.74, 6) is -1.03. The average Bonchev–Trinajstić information content (AvgIpc) is 2.55. The summed E-state index contributed by atoms with van der Waals surface area (Å²) in [4.78, 5) is 13.2. The third-order valence-electron chi connectivity index (χ3n) is 3.79. The van der Waals surface area contributed by atoms with Crippen LogP contribution in [-0.4, -0.2) is 52.8 Å². The van der Waals surface area contributed by atoms with Gasteiger partial charge in [0.15, 0.2) is 0 Å². The van der Waals surface area contributed by atoms with Gasteiger partial charge in [-0.15, -0.1) is 0 Å². The van der Waals surface area contributed by atoms with E-state index in [1.165, 1.54) is 29.2 Å². The third kappa shape index (κ3) is 7.85. The van der Waals surface area contributed by atoms with Crippen LogP contribution < -0.4 is 14.9 Å². The van der Waals surface area contributed by atoms with E-state index in [-0.39, 0.29) is 12.3 Å². The van der Waals surface area contributed by atoms with E-state index in [1.54, 1.807) is 0 Å². The Morgan fingerprint density at radius 2 is 1.75 bits per heavy atom. The first-order chi connectivity index (χ1) is 11.4. The molecule has 0 spiro atoms. The third-order valence-corrected chi connectivity index (χ3v) is 5.18. The van der Waals surface area contributed by atoms with Crippen molar-refractivity contribution in [3.8, 4) is 0 Å². The molecule has 0 saturated heterocycles. The van der Waals surface area contributed by atoms with Crippen LogP contribution in [0.15, 0.2) is 24.3 Å². The zero-order valence-corrected chi connectivity index (χ0v) is 15.1. The molecule has 3 N–H and O–H groups in total. The van der Waals surface area contributed by atoms with Gasteiger partial charge in [0.2, 0.25) is 10.0 Å². The second-order valence-electron chi connectivity index (χ2n) is 5.54. The highest BCUT2D eigenvalue weighted by Gasteiger charge is 2.12. The number of quaternary nitrogens is 1. The molecule has 0 aliphatic rings. The van der Waals surface area contributed by atoms with Crippen molar-refractivity contribution in [1.82, 2.24) is 10.0 Å². The zero-order chi connectivity index (χ0) is 18.0. The van der Waals surface area contributed by atoms with E-state index in [0.29, 0.717) is 12.1 Å². The van der Waals surface area contributed by atoms with Crippen molar-refractivity contribution in [1.29, 1.82) is 0 Å². The maximum Gasteiger partial charge on any atom is 0.251 e. The van der Waals surface area contributed by atoms with Gasteiger partial charge >= 0.3 is 0 Å². The lowest BCUT2D eigenvalue weighted by Crippen LogP contribution is -3.11. The molecular weight excluding hydrogens is 333 g/mol. The van der Waals surface area contributed by atoms with E-state index in [2.05, 4.69) is 23.9 Å². The molecule has 136 valence electrons. The molecular formula is C16H27FN3O3S+. The van der Waals surface area contributed by atoms with Crippen molar-refractivity contribution in [2.45, 2.75) is 20.3 Å². The molecule has 0 bridgehead atoms. The van der Waals surface area contributed by atoms with Crippen LogP contribution >= 0.6 is 0 Å². The molecule has 1 aromatic carbocycles. The molecule has 0 radical (unpaired) electrons. The topological polar surface area (TPSA) is 79.7 Å². The van der Waals surface area contributed by atoms with Crippen LogP contribution in [0.1, 0.15) is 30.6 Å². The number of hydrogen-bond acceptors (Lipinski definition) is 3. The van der Waals surface area contributed by atoms with E-state index in [4.69, 9.17) is 0 Å². The summed E-state index contributed by atoms with van der Waals surface area (Å²) < 4.78 is 39.0. The van der Waals surface area contributed by atoms with E-state index in [0.717, 1.165) is 26.1 Å². The van der Waals surface area contributed by atoms with Gasteiger partial charge in [0.1, 0.15) is 5.82 Å². The van der Waals surface area contributed by atoms with Gasteiger partial charge in [-0.3, -0.25) is 4.79 Å². The minimum Gasteiger partial charge on any atom is -0.351 e. The number of carbonyl (C=O) groups is 1. The minimum atomic E-state index is -3.41. The van der Waals surface area contributed by atoms with Crippen molar-refractivity contribution in [2.24, 2.45) is 0 Å². The lowest BCUT2D eigenvalue weighted by Gasteiger charge is -2.15. The van der Waals surface area contributed by atoms with Gasteiger partial charge in [-0.05, 0) is 38.1 Å². The summed E-state index contributed by atoms with van der Waals surface area (Å²) in [7, 11) is -3.41. The molecule has 0 heterocycles. The van der Waals surface area contributed by atoms with Crippen LogP contribution in [-0.2, 0) is 10.0 Å². The Morgan fingerprint density at radius 1 is 1.12 bits per heavy atom. The lowest BCUT2D eigenvalue weighted by molar-refractivity contribution is -0.896. The molecule has 6 nitrogen and oxygen atoms in total. The highest BCUT2D eigenvalue weighted by Crippen LogP contribution is 2.02. The summed E-state index contributed by atoms with van der Waals surface area (Å²) in [6.07, 6.45) is 0.776. The Balaban J connectivity index is 2.27. The van der Waals surface area contributed by atoms with Crippen LogP contribution in [0.3, 0.4) is 0 Å². The van der Waals surface area contributed by atoms with E-state index in [9.17, 15) is 17.6 Å². The van der Waals surface area contributed by atoms with E-state index in [1.807, 2.05) is 0 Å². The Morgan fingerprint density at radius 3 is 2.33 bits per heavy atom. The predicted octanol–water partition coefficient (Wildman–Crippen LogP) is -0.210. The fourth-order valence-corrected chi connectivity index (χ4v) is 3.21. The smallest absolute Gasteiger partial charge is 0.251 e. The van der Waals surface area contributed by atoms with Crippen LogP contribution in [0, 0.1) is 5.82 Å². The highest BCUT2D eigenvalue weighted by molar-refractivity contribution is 7.89. The molecule has 0 fully saturated rings. The first-order valence-electron chi connectivity index (χ1n) is 8.22. The number of amides is 1. The van der Waals surface area contributed by atoms with Gasteiger partial charge in [0, 0.05) is 25.1 Å². The summed E-state index contributed by atoms with van der Waals surface area (Å²) in [5.41, 5.74) is 0.295. The van der Waals surface area contributed by atoms with Gasteiger partial charge in [0.25, 0.3) is 5.91 Å². The Kier molecular flexibility index (Phi) is 8.88. The Labute approximate surface area is 143 Å².